The van der Waals surface area contributed by atoms with Crippen molar-refractivity contribution in [1.29, 1.82) is 0 Å². The van der Waals surface area contributed by atoms with Crippen LogP contribution in [0.25, 0.3) is 0 Å². The van der Waals surface area contributed by atoms with Crippen LogP contribution in [0.4, 0.5) is 4.39 Å². The SMILES string of the molecule is O=C(C1CCNN1)N1CCCC(c2cccc(Cc3ccc(F)cc3)n2)C1. The maximum Gasteiger partial charge on any atom is 0.241 e. The molecule has 1 amide bonds. The predicted molar refractivity (Wildman–Crippen MR) is 102 cm³/mol. The molecule has 1 aromatic heterocycles. The van der Waals surface area contributed by atoms with Crippen molar-refractivity contribution >= 4 is 5.91 Å². The van der Waals surface area contributed by atoms with E-state index in [4.69, 9.17) is 4.98 Å². The first-order chi connectivity index (χ1) is 13.2. The van der Waals surface area contributed by atoms with Gasteiger partial charge in [0.05, 0.1) is 0 Å². The van der Waals surface area contributed by atoms with Gasteiger partial charge in [-0.2, -0.15) is 0 Å². The van der Waals surface area contributed by atoms with Crippen LogP contribution < -0.4 is 10.9 Å². The Bertz CT molecular complexity index is 789. The Kier molecular flexibility index (Phi) is 5.45. The average molecular weight is 368 g/mol. The molecule has 0 radical (unpaired) electrons. The number of halogens is 1. The molecule has 6 heteroatoms. The molecule has 2 unspecified atom stereocenters. The number of carbonyl (C=O) groups excluding carboxylic acids is 1. The third kappa shape index (κ3) is 4.34. The molecule has 2 aromatic rings. The van der Waals surface area contributed by atoms with E-state index >= 15 is 0 Å². The summed E-state index contributed by atoms with van der Waals surface area (Å²) in [6.45, 7) is 2.38. The van der Waals surface area contributed by atoms with Gasteiger partial charge in [0.2, 0.25) is 5.91 Å². The molecular formula is C21H25FN4O. The van der Waals surface area contributed by atoms with Gasteiger partial charge in [-0.05, 0) is 49.1 Å². The quantitative estimate of drug-likeness (QED) is 0.870. The van der Waals surface area contributed by atoms with E-state index in [1.54, 1.807) is 12.1 Å². The fourth-order valence-electron chi connectivity index (χ4n) is 3.94. The first-order valence-electron chi connectivity index (χ1n) is 9.66. The number of piperidine rings is 1. The zero-order valence-electron chi connectivity index (χ0n) is 15.3. The molecule has 0 aliphatic carbocycles. The second kappa shape index (κ2) is 8.15. The Morgan fingerprint density at radius 1 is 1.19 bits per heavy atom. The van der Waals surface area contributed by atoms with Crippen molar-refractivity contribution < 1.29 is 9.18 Å². The largest absolute Gasteiger partial charge is 0.341 e. The van der Waals surface area contributed by atoms with Crippen LogP contribution in [0.2, 0.25) is 0 Å². The van der Waals surface area contributed by atoms with Gasteiger partial charge in [0, 0.05) is 43.4 Å². The Labute approximate surface area is 159 Å². The monoisotopic (exact) mass is 368 g/mol. The van der Waals surface area contributed by atoms with Crippen LogP contribution in [0, 0.1) is 5.82 Å². The van der Waals surface area contributed by atoms with E-state index in [2.05, 4.69) is 16.9 Å². The maximum absolute atomic E-state index is 13.1. The number of hydrazine groups is 1. The Balaban J connectivity index is 1.44. The summed E-state index contributed by atoms with van der Waals surface area (Å²) >= 11 is 0. The van der Waals surface area contributed by atoms with E-state index in [-0.39, 0.29) is 23.7 Å². The van der Waals surface area contributed by atoms with Gasteiger partial charge in [0.1, 0.15) is 11.9 Å². The standard InChI is InChI=1S/C21H25FN4O/c22-17-8-6-15(7-9-17)13-18-4-1-5-19(24-18)16-3-2-12-26(14-16)21(27)20-10-11-23-25-20/h1,4-9,16,20,23,25H,2-3,10-14H2. The van der Waals surface area contributed by atoms with Crippen molar-refractivity contribution in [3.63, 3.8) is 0 Å². The van der Waals surface area contributed by atoms with Gasteiger partial charge in [-0.25, -0.2) is 9.82 Å². The molecule has 2 N–H and O–H groups in total. The number of rotatable bonds is 4. The fraction of sp³-hybridized carbons (Fsp3) is 0.429. The highest BCUT2D eigenvalue weighted by Gasteiger charge is 2.31. The lowest BCUT2D eigenvalue weighted by Crippen LogP contribution is -2.48. The highest BCUT2D eigenvalue weighted by Crippen LogP contribution is 2.27. The van der Waals surface area contributed by atoms with E-state index in [9.17, 15) is 9.18 Å². The minimum absolute atomic E-state index is 0.110. The number of nitrogens with zero attached hydrogens (tertiary/aromatic N) is 2. The number of pyridine rings is 1. The molecule has 0 bridgehead atoms. The molecule has 5 nitrogen and oxygen atoms in total. The van der Waals surface area contributed by atoms with Crippen molar-refractivity contribution in [2.24, 2.45) is 0 Å². The van der Waals surface area contributed by atoms with Gasteiger partial charge in [-0.1, -0.05) is 18.2 Å². The number of amides is 1. The molecule has 4 rings (SSSR count). The maximum atomic E-state index is 13.1. The molecule has 1 aromatic carbocycles. The first kappa shape index (κ1) is 18.1. The zero-order chi connectivity index (χ0) is 18.6. The third-order valence-electron chi connectivity index (χ3n) is 5.41. The molecule has 2 atom stereocenters. The molecule has 2 saturated heterocycles. The molecule has 3 heterocycles. The Hall–Kier alpha value is -2.31. The van der Waals surface area contributed by atoms with Gasteiger partial charge >= 0.3 is 0 Å². The molecular weight excluding hydrogens is 343 g/mol. The lowest BCUT2D eigenvalue weighted by molar-refractivity contribution is -0.134. The molecule has 27 heavy (non-hydrogen) atoms. The van der Waals surface area contributed by atoms with Gasteiger partial charge in [-0.3, -0.25) is 15.2 Å². The van der Waals surface area contributed by atoms with E-state index in [1.165, 1.54) is 12.1 Å². The van der Waals surface area contributed by atoms with Crippen molar-refractivity contribution in [1.82, 2.24) is 20.7 Å². The summed E-state index contributed by atoms with van der Waals surface area (Å²) in [5.41, 5.74) is 9.17. The second-order valence-electron chi connectivity index (χ2n) is 7.39. The van der Waals surface area contributed by atoms with E-state index in [1.807, 2.05) is 17.0 Å². The minimum atomic E-state index is -0.223. The summed E-state index contributed by atoms with van der Waals surface area (Å²) in [6.07, 6.45) is 3.57. The topological polar surface area (TPSA) is 57.3 Å². The van der Waals surface area contributed by atoms with E-state index in [0.717, 1.165) is 55.8 Å². The van der Waals surface area contributed by atoms with Crippen molar-refractivity contribution in [2.45, 2.75) is 37.6 Å². The number of hydrogen-bond acceptors (Lipinski definition) is 4. The van der Waals surface area contributed by atoms with Gasteiger partial charge < -0.3 is 4.90 Å². The van der Waals surface area contributed by atoms with Crippen LogP contribution in [0.15, 0.2) is 42.5 Å². The van der Waals surface area contributed by atoms with Crippen LogP contribution in [0.5, 0.6) is 0 Å². The number of hydrogen-bond donors (Lipinski definition) is 2. The summed E-state index contributed by atoms with van der Waals surface area (Å²) in [4.78, 5) is 19.5. The Morgan fingerprint density at radius 3 is 2.81 bits per heavy atom. The van der Waals surface area contributed by atoms with Gasteiger partial charge in [-0.15, -0.1) is 0 Å². The average Bonchev–Trinajstić information content (AvgIpc) is 3.24. The summed E-state index contributed by atoms with van der Waals surface area (Å²) in [5.74, 6) is 0.233. The van der Waals surface area contributed by atoms with Crippen molar-refractivity contribution in [3.8, 4) is 0 Å². The number of aromatic nitrogens is 1. The fourth-order valence-corrected chi connectivity index (χ4v) is 3.94. The third-order valence-corrected chi connectivity index (χ3v) is 5.41. The second-order valence-corrected chi connectivity index (χ2v) is 7.39. The van der Waals surface area contributed by atoms with Gasteiger partial charge in [0.15, 0.2) is 0 Å². The van der Waals surface area contributed by atoms with Crippen LogP contribution in [0.1, 0.15) is 42.1 Å². The van der Waals surface area contributed by atoms with Crippen LogP contribution in [-0.4, -0.2) is 41.5 Å². The van der Waals surface area contributed by atoms with Crippen LogP contribution in [-0.2, 0) is 11.2 Å². The molecule has 0 spiro atoms. The first-order valence-corrected chi connectivity index (χ1v) is 9.66. The number of likely N-dealkylation sites (tertiary alicyclic amines) is 1. The Morgan fingerprint density at radius 2 is 2.04 bits per heavy atom. The normalized spacial score (nSPS) is 22.8. The van der Waals surface area contributed by atoms with Crippen molar-refractivity contribution in [3.05, 3.63) is 65.2 Å². The predicted octanol–water partition coefficient (Wildman–Crippen LogP) is 2.38. The molecule has 2 fully saturated rings. The van der Waals surface area contributed by atoms with E-state index in [0.29, 0.717) is 6.42 Å². The minimum Gasteiger partial charge on any atom is -0.341 e. The number of carbonyl (C=O) groups is 1. The lowest BCUT2D eigenvalue weighted by atomic mass is 9.93. The molecule has 2 aliphatic rings. The highest BCUT2D eigenvalue weighted by molar-refractivity contribution is 5.82. The molecule has 142 valence electrons. The molecule has 0 saturated carbocycles. The van der Waals surface area contributed by atoms with Crippen LogP contribution in [0.3, 0.4) is 0 Å². The van der Waals surface area contributed by atoms with E-state index < -0.39 is 0 Å². The smallest absolute Gasteiger partial charge is 0.241 e. The number of benzene rings is 1. The number of nitrogens with one attached hydrogen (secondary N) is 2. The summed E-state index contributed by atoms with van der Waals surface area (Å²) in [7, 11) is 0. The lowest BCUT2D eigenvalue weighted by Gasteiger charge is -2.34. The zero-order valence-corrected chi connectivity index (χ0v) is 15.3. The highest BCUT2D eigenvalue weighted by atomic mass is 19.1. The summed E-state index contributed by atoms with van der Waals surface area (Å²) in [5, 5.41) is 0. The van der Waals surface area contributed by atoms with Crippen molar-refractivity contribution in [2.75, 3.05) is 19.6 Å². The van der Waals surface area contributed by atoms with Crippen LogP contribution >= 0.6 is 0 Å². The molecule has 2 aliphatic heterocycles. The summed E-state index contributed by atoms with van der Waals surface area (Å²) in [6, 6.07) is 12.5. The van der Waals surface area contributed by atoms with Gasteiger partial charge in [0.25, 0.3) is 0 Å². The summed E-state index contributed by atoms with van der Waals surface area (Å²) < 4.78 is 13.1.